The molecule has 2 atom stereocenters. The molecule has 4 rings (SSSR count). The Morgan fingerprint density at radius 2 is 1.94 bits per heavy atom. The van der Waals surface area contributed by atoms with Gasteiger partial charge in [-0.3, -0.25) is 9.59 Å². The number of aliphatic hydroxyl groups is 1. The highest BCUT2D eigenvalue weighted by atomic mass is 35.5. The quantitative estimate of drug-likeness (QED) is 0.384. The van der Waals surface area contributed by atoms with Crippen LogP contribution in [0.4, 0.5) is 4.39 Å². The number of Topliss-reactive ketones (excluding diaryl/α,β-unsaturated/α-hetero) is 1. The molecule has 9 heteroatoms. The highest BCUT2D eigenvalue weighted by Gasteiger charge is 2.48. The second kappa shape index (κ2) is 9.41. The first-order valence-electron chi connectivity index (χ1n) is 10.4. The van der Waals surface area contributed by atoms with E-state index in [1.165, 1.54) is 49.5 Å². The third kappa shape index (κ3) is 4.16. The molecular weight excluding hydrogens is 453 g/mol. The smallest absolute Gasteiger partial charge is 0.295 e. The molecule has 1 N–H and O–H groups in total. The zero-order valence-corrected chi connectivity index (χ0v) is 18.9. The van der Waals surface area contributed by atoms with Gasteiger partial charge in [0.1, 0.15) is 23.1 Å². The molecule has 2 aromatic rings. The van der Waals surface area contributed by atoms with Crippen molar-refractivity contribution in [3.8, 4) is 11.5 Å². The molecule has 0 saturated carbocycles. The minimum absolute atomic E-state index is 0.0831. The predicted octanol–water partition coefficient (Wildman–Crippen LogP) is 4.10. The predicted molar refractivity (Wildman–Crippen MR) is 119 cm³/mol. The van der Waals surface area contributed by atoms with Crippen LogP contribution in [0.1, 0.15) is 30.0 Å². The van der Waals surface area contributed by atoms with Crippen LogP contribution in [0.5, 0.6) is 11.5 Å². The van der Waals surface area contributed by atoms with Crippen molar-refractivity contribution in [2.24, 2.45) is 0 Å². The molecule has 2 aliphatic rings. The van der Waals surface area contributed by atoms with Crippen LogP contribution < -0.4 is 9.47 Å². The highest BCUT2D eigenvalue weighted by molar-refractivity contribution is 6.46. The van der Waals surface area contributed by atoms with Crippen molar-refractivity contribution < 1.29 is 33.3 Å². The van der Waals surface area contributed by atoms with Gasteiger partial charge in [-0.15, -0.1) is 0 Å². The van der Waals surface area contributed by atoms with Crippen LogP contribution in [0.15, 0.2) is 42.0 Å². The molecule has 0 aliphatic carbocycles. The van der Waals surface area contributed by atoms with Crippen molar-refractivity contribution in [1.29, 1.82) is 0 Å². The Bertz CT molecular complexity index is 1130. The molecule has 2 aliphatic heterocycles. The molecule has 0 aromatic heterocycles. The largest absolute Gasteiger partial charge is 0.507 e. The standard InChI is InChI=1S/C24H23ClFNO6/c1-31-18-11-19(32-2)16(25)10-15(18)22(28)20-21(14-7-3-4-8-17(14)26)27(24(30)23(20)29)12-13-6-5-9-33-13/h3-4,7-8,10-11,13,21,28H,5-6,9,12H2,1-2H3/b22-20+. The first-order chi connectivity index (χ1) is 15.9. The molecule has 2 heterocycles. The van der Waals surface area contributed by atoms with E-state index in [4.69, 9.17) is 25.8 Å². The van der Waals surface area contributed by atoms with Gasteiger partial charge in [0.25, 0.3) is 11.7 Å². The van der Waals surface area contributed by atoms with E-state index in [0.29, 0.717) is 12.4 Å². The number of benzene rings is 2. The summed E-state index contributed by atoms with van der Waals surface area (Å²) in [5, 5.41) is 11.4. The second-order valence-corrected chi connectivity index (χ2v) is 8.20. The number of carbonyl (C=O) groups is 2. The molecule has 2 aromatic carbocycles. The lowest BCUT2D eigenvalue weighted by Crippen LogP contribution is -2.36. The Kier molecular flexibility index (Phi) is 6.58. The van der Waals surface area contributed by atoms with E-state index in [1.54, 1.807) is 6.07 Å². The summed E-state index contributed by atoms with van der Waals surface area (Å²) in [5.74, 6) is -2.40. The molecule has 2 unspecified atom stereocenters. The SMILES string of the molecule is COc1cc(OC)c(/C(O)=C2\C(=O)C(=O)N(CC3CCCO3)C2c2ccccc2F)cc1Cl. The summed E-state index contributed by atoms with van der Waals surface area (Å²) in [4.78, 5) is 27.4. The van der Waals surface area contributed by atoms with Crippen LogP contribution >= 0.6 is 11.6 Å². The van der Waals surface area contributed by atoms with E-state index in [0.717, 1.165) is 12.8 Å². The number of carbonyl (C=O) groups excluding carboxylic acids is 2. The monoisotopic (exact) mass is 475 g/mol. The van der Waals surface area contributed by atoms with Gasteiger partial charge in [-0.2, -0.15) is 0 Å². The van der Waals surface area contributed by atoms with Crippen molar-refractivity contribution in [2.75, 3.05) is 27.4 Å². The summed E-state index contributed by atoms with van der Waals surface area (Å²) in [5.41, 5.74) is -0.0720. The minimum atomic E-state index is -1.14. The number of ether oxygens (including phenoxy) is 3. The fourth-order valence-electron chi connectivity index (χ4n) is 4.29. The topological polar surface area (TPSA) is 85.3 Å². The molecular formula is C24H23ClFNO6. The van der Waals surface area contributed by atoms with Gasteiger partial charge in [0.05, 0.1) is 42.5 Å². The van der Waals surface area contributed by atoms with Gasteiger partial charge in [0.15, 0.2) is 0 Å². The van der Waals surface area contributed by atoms with Crippen LogP contribution in [0.25, 0.3) is 5.76 Å². The van der Waals surface area contributed by atoms with E-state index in [1.807, 2.05) is 0 Å². The fraction of sp³-hybridized carbons (Fsp3) is 0.333. The van der Waals surface area contributed by atoms with E-state index in [9.17, 15) is 19.1 Å². The fourth-order valence-corrected chi connectivity index (χ4v) is 4.53. The number of likely N-dealkylation sites (tertiary alicyclic amines) is 1. The molecule has 0 radical (unpaired) electrons. The summed E-state index contributed by atoms with van der Waals surface area (Å²) in [6.45, 7) is 0.654. The summed E-state index contributed by atoms with van der Waals surface area (Å²) < 4.78 is 31.1. The Hall–Kier alpha value is -3.10. The Balaban J connectivity index is 1.90. The number of aliphatic hydroxyl groups excluding tert-OH is 1. The first kappa shape index (κ1) is 23.1. The Labute approximate surface area is 195 Å². The molecule has 2 saturated heterocycles. The molecule has 174 valence electrons. The lowest BCUT2D eigenvalue weighted by molar-refractivity contribution is -0.140. The lowest BCUT2D eigenvalue weighted by Gasteiger charge is -2.27. The normalized spacial score (nSPS) is 22.1. The van der Waals surface area contributed by atoms with Crippen molar-refractivity contribution in [3.05, 3.63) is 63.9 Å². The lowest BCUT2D eigenvalue weighted by atomic mass is 9.94. The number of ketones is 1. The van der Waals surface area contributed by atoms with E-state index >= 15 is 0 Å². The third-order valence-corrected chi connectivity index (χ3v) is 6.19. The van der Waals surface area contributed by atoms with Gasteiger partial charge in [-0.25, -0.2) is 4.39 Å². The van der Waals surface area contributed by atoms with Gasteiger partial charge in [-0.1, -0.05) is 29.8 Å². The van der Waals surface area contributed by atoms with Crippen LogP contribution in [-0.4, -0.2) is 55.2 Å². The molecule has 0 bridgehead atoms. The zero-order valence-electron chi connectivity index (χ0n) is 18.1. The summed E-state index contributed by atoms with van der Waals surface area (Å²) in [6.07, 6.45) is 1.28. The van der Waals surface area contributed by atoms with Crippen molar-refractivity contribution in [3.63, 3.8) is 0 Å². The van der Waals surface area contributed by atoms with E-state index in [2.05, 4.69) is 0 Å². The van der Waals surface area contributed by atoms with Crippen molar-refractivity contribution >= 4 is 29.1 Å². The minimum Gasteiger partial charge on any atom is -0.507 e. The zero-order chi connectivity index (χ0) is 23.7. The van der Waals surface area contributed by atoms with Crippen LogP contribution in [0.3, 0.4) is 0 Å². The van der Waals surface area contributed by atoms with E-state index < -0.39 is 29.3 Å². The van der Waals surface area contributed by atoms with Gasteiger partial charge in [0, 0.05) is 24.8 Å². The number of hydrogen-bond acceptors (Lipinski definition) is 6. The molecule has 2 fully saturated rings. The van der Waals surface area contributed by atoms with Crippen molar-refractivity contribution in [2.45, 2.75) is 25.0 Å². The molecule has 0 spiro atoms. The maximum atomic E-state index is 14.9. The number of rotatable bonds is 6. The highest BCUT2D eigenvalue weighted by Crippen LogP contribution is 2.43. The third-order valence-electron chi connectivity index (χ3n) is 5.89. The van der Waals surface area contributed by atoms with Crippen LogP contribution in [0.2, 0.25) is 5.02 Å². The number of hydrogen-bond donors (Lipinski definition) is 1. The maximum absolute atomic E-state index is 14.9. The van der Waals surface area contributed by atoms with Gasteiger partial charge in [0.2, 0.25) is 0 Å². The van der Waals surface area contributed by atoms with Gasteiger partial charge < -0.3 is 24.2 Å². The molecule has 7 nitrogen and oxygen atoms in total. The Morgan fingerprint density at radius 1 is 1.21 bits per heavy atom. The van der Waals surface area contributed by atoms with Crippen molar-refractivity contribution in [1.82, 2.24) is 4.90 Å². The average molecular weight is 476 g/mol. The molecule has 33 heavy (non-hydrogen) atoms. The first-order valence-corrected chi connectivity index (χ1v) is 10.8. The molecule has 1 amide bonds. The van der Waals surface area contributed by atoms with E-state index in [-0.39, 0.29) is 40.1 Å². The average Bonchev–Trinajstić information content (AvgIpc) is 3.41. The number of nitrogens with zero attached hydrogens (tertiary/aromatic N) is 1. The summed E-state index contributed by atoms with van der Waals surface area (Å²) >= 11 is 6.24. The second-order valence-electron chi connectivity index (χ2n) is 7.80. The van der Waals surface area contributed by atoms with Crippen LogP contribution in [0, 0.1) is 5.82 Å². The van der Waals surface area contributed by atoms with Gasteiger partial charge in [-0.05, 0) is 25.0 Å². The summed E-state index contributed by atoms with van der Waals surface area (Å²) in [6, 6.07) is 7.54. The number of amides is 1. The Morgan fingerprint density at radius 3 is 2.58 bits per heavy atom. The maximum Gasteiger partial charge on any atom is 0.295 e. The number of methoxy groups -OCH3 is 2. The van der Waals surface area contributed by atoms with Crippen LogP contribution in [-0.2, 0) is 14.3 Å². The number of halogens is 2. The van der Waals surface area contributed by atoms with Gasteiger partial charge >= 0.3 is 0 Å². The summed E-state index contributed by atoms with van der Waals surface area (Å²) in [7, 11) is 2.80.